The summed E-state index contributed by atoms with van der Waals surface area (Å²) >= 11 is 0. The summed E-state index contributed by atoms with van der Waals surface area (Å²) in [5.41, 5.74) is 3.98. The standard InChI is InChI=1S/C23H28N2O3/c1-23(2,3)18-7-4-17(5-8-18)6-11-22(27)24-19-9-10-20-21(16-19)28-15-13-25(20)12-14-26/h4-11,16,26H,12-15H2,1-3H3,(H,24,27)/b11-6+. The molecular weight excluding hydrogens is 352 g/mol. The van der Waals surface area contributed by atoms with Crippen molar-refractivity contribution in [1.29, 1.82) is 0 Å². The van der Waals surface area contributed by atoms with Crippen molar-refractivity contribution in [1.82, 2.24) is 0 Å². The van der Waals surface area contributed by atoms with E-state index in [1.54, 1.807) is 6.08 Å². The zero-order valence-corrected chi connectivity index (χ0v) is 16.7. The van der Waals surface area contributed by atoms with Crippen LogP contribution in [0, 0.1) is 0 Å². The Morgan fingerprint density at radius 3 is 2.64 bits per heavy atom. The molecule has 0 saturated carbocycles. The van der Waals surface area contributed by atoms with E-state index in [0.29, 0.717) is 18.8 Å². The molecule has 0 unspecified atom stereocenters. The topological polar surface area (TPSA) is 61.8 Å². The van der Waals surface area contributed by atoms with Crippen LogP contribution in [0.15, 0.2) is 48.5 Å². The molecule has 0 aromatic heterocycles. The summed E-state index contributed by atoms with van der Waals surface area (Å²) in [4.78, 5) is 14.3. The van der Waals surface area contributed by atoms with E-state index in [0.717, 1.165) is 23.5 Å². The molecule has 5 nitrogen and oxygen atoms in total. The van der Waals surface area contributed by atoms with Gasteiger partial charge in [0.1, 0.15) is 12.4 Å². The lowest BCUT2D eigenvalue weighted by molar-refractivity contribution is -0.111. The largest absolute Gasteiger partial charge is 0.489 e. The van der Waals surface area contributed by atoms with Crippen LogP contribution >= 0.6 is 0 Å². The number of fused-ring (bicyclic) bond motifs is 1. The third-order valence-electron chi connectivity index (χ3n) is 4.76. The number of anilines is 2. The van der Waals surface area contributed by atoms with Gasteiger partial charge in [-0.25, -0.2) is 0 Å². The number of benzene rings is 2. The lowest BCUT2D eigenvalue weighted by atomic mass is 9.87. The zero-order valence-electron chi connectivity index (χ0n) is 16.7. The summed E-state index contributed by atoms with van der Waals surface area (Å²) in [5.74, 6) is 0.530. The molecule has 0 fully saturated rings. The van der Waals surface area contributed by atoms with Crippen LogP contribution in [0.5, 0.6) is 5.75 Å². The van der Waals surface area contributed by atoms with Crippen molar-refractivity contribution >= 4 is 23.4 Å². The van der Waals surface area contributed by atoms with Crippen molar-refractivity contribution in [3.05, 3.63) is 59.7 Å². The van der Waals surface area contributed by atoms with Gasteiger partial charge in [-0.15, -0.1) is 0 Å². The molecule has 2 aromatic carbocycles. The van der Waals surface area contributed by atoms with Gasteiger partial charge in [0, 0.05) is 24.4 Å². The van der Waals surface area contributed by atoms with E-state index in [2.05, 4.69) is 43.1 Å². The summed E-state index contributed by atoms with van der Waals surface area (Å²) in [6.45, 7) is 8.51. The molecule has 1 aliphatic rings. The second-order valence-corrected chi connectivity index (χ2v) is 7.94. The fourth-order valence-electron chi connectivity index (χ4n) is 3.16. The third kappa shape index (κ3) is 4.93. The predicted molar refractivity (Wildman–Crippen MR) is 114 cm³/mol. The molecular formula is C23H28N2O3. The number of aliphatic hydroxyl groups is 1. The normalized spacial score (nSPS) is 13.9. The maximum absolute atomic E-state index is 12.3. The Morgan fingerprint density at radius 2 is 1.96 bits per heavy atom. The molecule has 0 saturated heterocycles. The van der Waals surface area contributed by atoms with Gasteiger partial charge in [0.25, 0.3) is 0 Å². The van der Waals surface area contributed by atoms with Gasteiger partial charge in [-0.1, -0.05) is 45.0 Å². The van der Waals surface area contributed by atoms with Crippen LogP contribution in [0.25, 0.3) is 6.08 Å². The summed E-state index contributed by atoms with van der Waals surface area (Å²) in [6.07, 6.45) is 3.34. The van der Waals surface area contributed by atoms with E-state index in [1.165, 1.54) is 11.6 Å². The minimum Gasteiger partial charge on any atom is -0.489 e. The molecule has 5 heteroatoms. The zero-order chi connectivity index (χ0) is 20.1. The monoisotopic (exact) mass is 380 g/mol. The van der Waals surface area contributed by atoms with Crippen molar-refractivity contribution in [2.45, 2.75) is 26.2 Å². The summed E-state index contributed by atoms with van der Waals surface area (Å²) < 4.78 is 5.70. The first-order chi connectivity index (χ1) is 13.4. The first kappa shape index (κ1) is 20.0. The minimum atomic E-state index is -0.192. The lowest BCUT2D eigenvalue weighted by Gasteiger charge is -2.30. The van der Waals surface area contributed by atoms with Crippen LogP contribution in [0.2, 0.25) is 0 Å². The Balaban J connectivity index is 1.64. The number of β-amino-alcohol motifs (C(OH)–C–C–N with tert-alkyl or cyclic N) is 1. The quantitative estimate of drug-likeness (QED) is 0.774. The van der Waals surface area contributed by atoms with E-state index >= 15 is 0 Å². The Morgan fingerprint density at radius 1 is 1.21 bits per heavy atom. The molecule has 0 bridgehead atoms. The highest BCUT2D eigenvalue weighted by atomic mass is 16.5. The molecule has 2 aromatic rings. The maximum Gasteiger partial charge on any atom is 0.248 e. The number of carbonyl (C=O) groups excluding carboxylic acids is 1. The van der Waals surface area contributed by atoms with Gasteiger partial charge in [0.05, 0.1) is 18.8 Å². The van der Waals surface area contributed by atoms with Crippen molar-refractivity contribution in [3.8, 4) is 5.75 Å². The lowest BCUT2D eigenvalue weighted by Crippen LogP contribution is -2.34. The fourth-order valence-corrected chi connectivity index (χ4v) is 3.16. The number of carbonyl (C=O) groups is 1. The number of nitrogens with zero attached hydrogens (tertiary/aromatic N) is 1. The Kier molecular flexibility index (Phi) is 6.05. The van der Waals surface area contributed by atoms with Gasteiger partial charge >= 0.3 is 0 Å². The van der Waals surface area contributed by atoms with E-state index in [-0.39, 0.29) is 17.9 Å². The van der Waals surface area contributed by atoms with Gasteiger partial charge in [-0.2, -0.15) is 0 Å². The molecule has 0 aliphatic carbocycles. The van der Waals surface area contributed by atoms with Gasteiger partial charge in [-0.3, -0.25) is 4.79 Å². The van der Waals surface area contributed by atoms with Crippen LogP contribution in [-0.2, 0) is 10.2 Å². The summed E-state index contributed by atoms with van der Waals surface area (Å²) in [7, 11) is 0. The van der Waals surface area contributed by atoms with Crippen LogP contribution < -0.4 is 15.0 Å². The Hall–Kier alpha value is -2.79. The third-order valence-corrected chi connectivity index (χ3v) is 4.76. The number of nitrogens with one attached hydrogen (secondary N) is 1. The van der Waals surface area contributed by atoms with E-state index in [1.807, 2.05) is 30.3 Å². The SMILES string of the molecule is CC(C)(C)c1ccc(/C=C/C(=O)Nc2ccc3c(c2)OCCN3CCO)cc1. The number of hydrogen-bond acceptors (Lipinski definition) is 4. The van der Waals surface area contributed by atoms with Gasteiger partial charge in [0.2, 0.25) is 5.91 Å². The Bertz CT molecular complexity index is 851. The highest BCUT2D eigenvalue weighted by Gasteiger charge is 2.18. The predicted octanol–water partition coefficient (Wildman–Crippen LogP) is 3.83. The van der Waals surface area contributed by atoms with E-state index in [9.17, 15) is 9.90 Å². The van der Waals surface area contributed by atoms with Crippen LogP contribution in [-0.4, -0.2) is 37.3 Å². The molecule has 0 spiro atoms. The first-order valence-electron chi connectivity index (χ1n) is 9.59. The highest BCUT2D eigenvalue weighted by Crippen LogP contribution is 2.33. The van der Waals surface area contributed by atoms with Crippen molar-refractivity contribution < 1.29 is 14.6 Å². The molecule has 1 amide bonds. The average molecular weight is 380 g/mol. The number of ether oxygens (including phenoxy) is 1. The summed E-state index contributed by atoms with van der Waals surface area (Å²) in [5, 5.41) is 12.0. The molecule has 148 valence electrons. The van der Waals surface area contributed by atoms with Crippen molar-refractivity contribution in [2.75, 3.05) is 36.5 Å². The minimum absolute atomic E-state index is 0.0967. The average Bonchev–Trinajstić information content (AvgIpc) is 2.66. The van der Waals surface area contributed by atoms with E-state index < -0.39 is 0 Å². The van der Waals surface area contributed by atoms with Crippen molar-refractivity contribution in [2.24, 2.45) is 0 Å². The smallest absolute Gasteiger partial charge is 0.248 e. The van der Waals surface area contributed by atoms with Gasteiger partial charge in [-0.05, 0) is 34.8 Å². The summed E-state index contributed by atoms with van der Waals surface area (Å²) in [6, 6.07) is 13.8. The molecule has 28 heavy (non-hydrogen) atoms. The fraction of sp³-hybridized carbons (Fsp3) is 0.348. The maximum atomic E-state index is 12.3. The van der Waals surface area contributed by atoms with Crippen LogP contribution in [0.1, 0.15) is 31.9 Å². The number of amides is 1. The number of rotatable bonds is 5. The molecule has 1 heterocycles. The van der Waals surface area contributed by atoms with Gasteiger partial charge in [0.15, 0.2) is 0 Å². The number of aliphatic hydroxyl groups excluding tert-OH is 1. The molecule has 0 atom stereocenters. The van der Waals surface area contributed by atoms with Crippen LogP contribution in [0.4, 0.5) is 11.4 Å². The van der Waals surface area contributed by atoms with Crippen molar-refractivity contribution in [3.63, 3.8) is 0 Å². The molecule has 1 aliphatic heterocycles. The van der Waals surface area contributed by atoms with Crippen LogP contribution in [0.3, 0.4) is 0 Å². The highest BCUT2D eigenvalue weighted by molar-refractivity contribution is 6.02. The Labute approximate surface area is 166 Å². The van der Waals surface area contributed by atoms with E-state index in [4.69, 9.17) is 4.74 Å². The molecule has 0 radical (unpaired) electrons. The number of hydrogen-bond donors (Lipinski definition) is 2. The molecule has 3 rings (SSSR count). The first-order valence-corrected chi connectivity index (χ1v) is 9.59. The molecule has 2 N–H and O–H groups in total. The second kappa shape index (κ2) is 8.48. The van der Waals surface area contributed by atoms with Gasteiger partial charge < -0.3 is 20.1 Å². The second-order valence-electron chi connectivity index (χ2n) is 7.94.